The molecule has 0 saturated heterocycles. The summed E-state index contributed by atoms with van der Waals surface area (Å²) >= 11 is 0. The van der Waals surface area contributed by atoms with E-state index in [-0.39, 0.29) is 0 Å². The minimum atomic E-state index is 0.363. The van der Waals surface area contributed by atoms with Gasteiger partial charge in [0.25, 0.3) is 6.33 Å². The monoisotopic (exact) mass is 177 g/mol. The topological polar surface area (TPSA) is 65.0 Å². The van der Waals surface area contributed by atoms with Gasteiger partial charge in [0.1, 0.15) is 11.9 Å². The van der Waals surface area contributed by atoms with Crippen LogP contribution in [0.4, 0.5) is 0 Å². The van der Waals surface area contributed by atoms with Crippen molar-refractivity contribution in [1.82, 2.24) is 9.71 Å². The molecule has 13 heavy (non-hydrogen) atoms. The second-order valence-corrected chi connectivity index (χ2v) is 2.53. The third kappa shape index (κ3) is 1.20. The van der Waals surface area contributed by atoms with Crippen molar-refractivity contribution in [2.45, 2.75) is 0 Å². The fourth-order valence-electron chi connectivity index (χ4n) is 1.12. The molecule has 1 N–H and O–H groups in total. The molecule has 5 heteroatoms. The van der Waals surface area contributed by atoms with Crippen LogP contribution in [-0.2, 0) is 0 Å². The average molecular weight is 177 g/mol. The van der Waals surface area contributed by atoms with Crippen LogP contribution in [0.15, 0.2) is 36.9 Å². The highest BCUT2D eigenvalue weighted by atomic mass is 16.5. The fraction of sp³-hybridized carbons (Fsp3) is 0. The van der Waals surface area contributed by atoms with E-state index in [0.717, 1.165) is 11.1 Å². The molecule has 0 atom stereocenters. The summed E-state index contributed by atoms with van der Waals surface area (Å²) in [6, 6.07) is 4.83. The average Bonchev–Trinajstić information content (AvgIpc) is 2.52. The quantitative estimate of drug-likeness (QED) is 0.390. The summed E-state index contributed by atoms with van der Waals surface area (Å²) in [5.74, 6) is 0. The highest BCUT2D eigenvalue weighted by Gasteiger charge is 2.08. The van der Waals surface area contributed by atoms with Gasteiger partial charge < -0.3 is 10.4 Å². The van der Waals surface area contributed by atoms with E-state index in [1.54, 1.807) is 12.1 Å². The summed E-state index contributed by atoms with van der Waals surface area (Å²) in [6.45, 7) is 0. The first kappa shape index (κ1) is 7.60. The highest BCUT2D eigenvalue weighted by Crippen LogP contribution is 2.12. The van der Waals surface area contributed by atoms with Crippen LogP contribution in [0.25, 0.3) is 11.4 Å². The van der Waals surface area contributed by atoms with Gasteiger partial charge in [0.15, 0.2) is 5.69 Å². The number of hydrogen-bond donors (Lipinski definition) is 1. The van der Waals surface area contributed by atoms with Crippen LogP contribution in [0.1, 0.15) is 0 Å². The molecular formula is C8H7N3O2. The third-order valence-corrected chi connectivity index (χ3v) is 1.72. The molecule has 0 spiro atoms. The molecule has 0 amide bonds. The van der Waals surface area contributed by atoms with Crippen molar-refractivity contribution in [3.05, 3.63) is 42.1 Å². The molecule has 0 aliphatic carbocycles. The van der Waals surface area contributed by atoms with Crippen LogP contribution in [0, 0.1) is 5.21 Å². The molecule has 2 rings (SSSR count). The smallest absolute Gasteiger partial charge is 0.289 e. The molecule has 0 bridgehead atoms. The molecular weight excluding hydrogens is 170 g/mol. The van der Waals surface area contributed by atoms with Crippen LogP contribution in [0.2, 0.25) is 0 Å². The van der Waals surface area contributed by atoms with E-state index < -0.39 is 0 Å². The van der Waals surface area contributed by atoms with Crippen molar-refractivity contribution >= 4 is 0 Å². The molecule has 0 aromatic carbocycles. The summed E-state index contributed by atoms with van der Waals surface area (Å²) in [6.07, 6.45) is 4.09. The van der Waals surface area contributed by atoms with Crippen LogP contribution >= 0.6 is 0 Å². The molecule has 2 heterocycles. The van der Waals surface area contributed by atoms with Gasteiger partial charge in [0.2, 0.25) is 0 Å². The molecule has 66 valence electrons. The largest absolute Gasteiger partial charge is 0.710 e. The van der Waals surface area contributed by atoms with E-state index in [9.17, 15) is 10.4 Å². The Labute approximate surface area is 74.1 Å². The Bertz CT molecular complexity index is 425. The van der Waals surface area contributed by atoms with E-state index in [1.807, 2.05) is 0 Å². The Morgan fingerprint density at radius 3 is 2.92 bits per heavy atom. The zero-order valence-electron chi connectivity index (χ0n) is 6.66. The second kappa shape index (κ2) is 2.78. The van der Waals surface area contributed by atoms with Gasteiger partial charge in [-0.05, 0) is 12.1 Å². The maximum absolute atomic E-state index is 11.2. The Kier molecular flexibility index (Phi) is 1.63. The Balaban J connectivity index is 2.59. The molecule has 0 aliphatic rings. The number of nitrogens with zero attached hydrogens (tertiary/aromatic N) is 3. The zero-order valence-corrected chi connectivity index (χ0v) is 6.66. The van der Waals surface area contributed by atoms with Gasteiger partial charge >= 0.3 is 0 Å². The van der Waals surface area contributed by atoms with Crippen LogP contribution in [-0.4, -0.2) is 14.9 Å². The SMILES string of the molecule is [O-][n+]1cnccc1-c1cccn1O. The van der Waals surface area contributed by atoms with Gasteiger partial charge in [-0.1, -0.05) is 4.98 Å². The van der Waals surface area contributed by atoms with Gasteiger partial charge in [-0.25, -0.2) is 4.73 Å². The van der Waals surface area contributed by atoms with Gasteiger partial charge in [-0.15, -0.1) is 0 Å². The number of aromatic nitrogens is 3. The van der Waals surface area contributed by atoms with Crippen LogP contribution < -0.4 is 4.73 Å². The van der Waals surface area contributed by atoms with E-state index in [1.165, 1.54) is 18.5 Å². The minimum absolute atomic E-state index is 0.363. The normalized spacial score (nSPS) is 10.2. The maximum Gasteiger partial charge on any atom is 0.289 e. The predicted octanol–water partition coefficient (Wildman–Crippen LogP) is 0.421. The minimum Gasteiger partial charge on any atom is -0.710 e. The van der Waals surface area contributed by atoms with Gasteiger partial charge in [-0.3, -0.25) is 0 Å². The van der Waals surface area contributed by atoms with Crippen molar-refractivity contribution in [3.8, 4) is 11.4 Å². The summed E-state index contributed by atoms with van der Waals surface area (Å²) in [5.41, 5.74) is 0.805. The van der Waals surface area contributed by atoms with E-state index in [4.69, 9.17) is 0 Å². The highest BCUT2D eigenvalue weighted by molar-refractivity contribution is 5.50. The molecule has 0 radical (unpaired) electrons. The molecule has 0 fully saturated rings. The first-order valence-electron chi connectivity index (χ1n) is 3.69. The first-order valence-corrected chi connectivity index (χ1v) is 3.69. The van der Waals surface area contributed by atoms with E-state index in [2.05, 4.69) is 4.98 Å². The van der Waals surface area contributed by atoms with Gasteiger partial charge in [0.05, 0.1) is 0 Å². The van der Waals surface area contributed by atoms with Crippen LogP contribution in [0.5, 0.6) is 0 Å². The van der Waals surface area contributed by atoms with E-state index >= 15 is 0 Å². The second-order valence-electron chi connectivity index (χ2n) is 2.53. The summed E-state index contributed by atoms with van der Waals surface area (Å²) in [4.78, 5) is 3.64. The molecule has 0 aliphatic heterocycles. The van der Waals surface area contributed by atoms with Gasteiger partial charge in [0, 0.05) is 12.3 Å². The molecule has 2 aromatic heterocycles. The Morgan fingerprint density at radius 1 is 1.46 bits per heavy atom. The number of rotatable bonds is 1. The van der Waals surface area contributed by atoms with Crippen molar-refractivity contribution in [3.63, 3.8) is 0 Å². The third-order valence-electron chi connectivity index (χ3n) is 1.72. The van der Waals surface area contributed by atoms with Gasteiger partial charge in [-0.2, -0.15) is 4.73 Å². The summed E-state index contributed by atoms with van der Waals surface area (Å²) < 4.78 is 1.49. The summed E-state index contributed by atoms with van der Waals surface area (Å²) in [7, 11) is 0. The number of hydrogen-bond acceptors (Lipinski definition) is 3. The Morgan fingerprint density at radius 2 is 2.31 bits per heavy atom. The fourth-order valence-corrected chi connectivity index (χ4v) is 1.12. The maximum atomic E-state index is 11.2. The lowest BCUT2D eigenvalue weighted by atomic mass is 10.3. The summed E-state index contributed by atoms with van der Waals surface area (Å²) in [5, 5.41) is 20.5. The van der Waals surface area contributed by atoms with Crippen LogP contribution in [0.3, 0.4) is 0 Å². The Hall–Kier alpha value is -2.04. The molecule has 0 saturated carbocycles. The standard InChI is InChI=1S/C8H7N3O2/c12-10-5-1-2-7(10)8-3-4-9-6-11(8)13/h1-6,12H. The van der Waals surface area contributed by atoms with Crippen molar-refractivity contribution < 1.29 is 9.94 Å². The molecule has 5 nitrogen and oxygen atoms in total. The van der Waals surface area contributed by atoms with Crippen molar-refractivity contribution in [2.75, 3.05) is 0 Å². The first-order chi connectivity index (χ1) is 6.29. The van der Waals surface area contributed by atoms with Crippen molar-refractivity contribution in [1.29, 1.82) is 0 Å². The molecule has 0 unspecified atom stereocenters. The lowest BCUT2D eigenvalue weighted by molar-refractivity contribution is -0.597. The predicted molar refractivity (Wildman–Crippen MR) is 43.8 cm³/mol. The van der Waals surface area contributed by atoms with Crippen molar-refractivity contribution in [2.24, 2.45) is 0 Å². The van der Waals surface area contributed by atoms with E-state index in [0.29, 0.717) is 16.1 Å². The lowest BCUT2D eigenvalue weighted by Gasteiger charge is -2.06. The molecule has 2 aromatic rings. The lowest BCUT2D eigenvalue weighted by Crippen LogP contribution is -2.29. The zero-order chi connectivity index (χ0) is 9.26.